The lowest BCUT2D eigenvalue weighted by Gasteiger charge is -2.38. The van der Waals surface area contributed by atoms with E-state index in [1.807, 2.05) is 19.9 Å². The van der Waals surface area contributed by atoms with Crippen LogP contribution in [0.3, 0.4) is 0 Å². The van der Waals surface area contributed by atoms with Crippen LogP contribution < -0.4 is 5.32 Å². The van der Waals surface area contributed by atoms with E-state index in [-0.39, 0.29) is 30.6 Å². The van der Waals surface area contributed by atoms with Gasteiger partial charge in [-0.1, -0.05) is 25.5 Å². The average Bonchev–Trinajstić information content (AvgIpc) is 2.46. The highest BCUT2D eigenvalue weighted by molar-refractivity contribution is 5.68. The minimum absolute atomic E-state index is 0.0273. The van der Waals surface area contributed by atoms with Gasteiger partial charge >= 0.3 is 6.09 Å². The molecule has 5 heteroatoms. The van der Waals surface area contributed by atoms with Gasteiger partial charge in [0.2, 0.25) is 0 Å². The fourth-order valence-corrected chi connectivity index (χ4v) is 2.86. The molecule has 1 aliphatic rings. The number of amides is 1. The van der Waals surface area contributed by atoms with E-state index >= 15 is 0 Å². The van der Waals surface area contributed by atoms with Crippen LogP contribution in [0.25, 0.3) is 0 Å². The van der Waals surface area contributed by atoms with Crippen molar-refractivity contribution in [2.75, 3.05) is 13.1 Å². The van der Waals surface area contributed by atoms with Gasteiger partial charge in [-0.3, -0.25) is 0 Å². The van der Waals surface area contributed by atoms with Crippen LogP contribution in [-0.2, 0) is 17.8 Å². The Labute approximate surface area is 131 Å². The van der Waals surface area contributed by atoms with Gasteiger partial charge in [0.1, 0.15) is 12.4 Å². The molecular weight excluding hydrogens is 283 g/mol. The third-order valence-corrected chi connectivity index (χ3v) is 4.05. The molecule has 1 aromatic rings. The van der Waals surface area contributed by atoms with Gasteiger partial charge in [0.05, 0.1) is 0 Å². The number of halogens is 1. The van der Waals surface area contributed by atoms with Crippen molar-refractivity contribution in [3.63, 3.8) is 0 Å². The second-order valence-electron chi connectivity index (χ2n) is 5.99. The van der Waals surface area contributed by atoms with Crippen LogP contribution in [0.1, 0.15) is 38.3 Å². The fraction of sp³-hybridized carbons (Fsp3) is 0.588. The molecule has 0 aliphatic carbocycles. The Balaban J connectivity index is 1.96. The SMILES string of the molecule is CCCc1ccc(COC(=O)N2C(C)CNCC2C)c(F)c1. The van der Waals surface area contributed by atoms with Crippen molar-refractivity contribution in [3.05, 3.63) is 35.1 Å². The van der Waals surface area contributed by atoms with E-state index in [1.54, 1.807) is 11.0 Å². The summed E-state index contributed by atoms with van der Waals surface area (Å²) in [4.78, 5) is 13.9. The predicted octanol–water partition coefficient (Wildman–Crippen LogP) is 3.10. The first-order chi connectivity index (χ1) is 10.5. The summed E-state index contributed by atoms with van der Waals surface area (Å²) in [5, 5.41) is 3.26. The summed E-state index contributed by atoms with van der Waals surface area (Å²) >= 11 is 0. The number of nitrogens with one attached hydrogen (secondary N) is 1. The third kappa shape index (κ3) is 3.97. The average molecular weight is 308 g/mol. The van der Waals surface area contributed by atoms with Crippen molar-refractivity contribution in [2.24, 2.45) is 0 Å². The minimum atomic E-state index is -0.376. The molecule has 2 rings (SSSR count). The summed E-state index contributed by atoms with van der Waals surface area (Å²) in [7, 11) is 0. The van der Waals surface area contributed by atoms with E-state index < -0.39 is 0 Å². The number of ether oxygens (including phenoxy) is 1. The zero-order valence-corrected chi connectivity index (χ0v) is 13.6. The largest absolute Gasteiger partial charge is 0.444 e. The van der Waals surface area contributed by atoms with E-state index in [0.29, 0.717) is 5.56 Å². The highest BCUT2D eigenvalue weighted by Gasteiger charge is 2.30. The highest BCUT2D eigenvalue weighted by Crippen LogP contribution is 2.16. The standard InChI is InChI=1S/C17H25FN2O2/c1-4-5-14-6-7-15(16(18)8-14)11-22-17(21)20-12(2)9-19-10-13(20)3/h6-8,12-13,19H,4-5,9-11H2,1-3H3. The number of nitrogens with zero attached hydrogens (tertiary/aromatic N) is 1. The van der Waals surface area contributed by atoms with Crippen LogP contribution in [0.4, 0.5) is 9.18 Å². The van der Waals surface area contributed by atoms with Crippen LogP contribution in [-0.4, -0.2) is 36.2 Å². The van der Waals surface area contributed by atoms with Gasteiger partial charge in [-0.2, -0.15) is 0 Å². The molecular formula is C17H25FN2O2. The monoisotopic (exact) mass is 308 g/mol. The van der Waals surface area contributed by atoms with Crippen LogP contribution in [0.5, 0.6) is 0 Å². The zero-order valence-electron chi connectivity index (χ0n) is 13.6. The van der Waals surface area contributed by atoms with Gasteiger partial charge in [0.25, 0.3) is 0 Å². The van der Waals surface area contributed by atoms with Crippen LogP contribution >= 0.6 is 0 Å². The maximum atomic E-state index is 14.0. The van der Waals surface area contributed by atoms with E-state index in [9.17, 15) is 9.18 Å². The van der Waals surface area contributed by atoms with Gasteiger partial charge in [0.15, 0.2) is 0 Å². The van der Waals surface area contributed by atoms with E-state index in [4.69, 9.17) is 4.74 Å². The summed E-state index contributed by atoms with van der Waals surface area (Å²) in [6.45, 7) is 7.48. The van der Waals surface area contributed by atoms with Gasteiger partial charge in [-0.15, -0.1) is 0 Å². The van der Waals surface area contributed by atoms with Crippen LogP contribution in [0.15, 0.2) is 18.2 Å². The van der Waals surface area contributed by atoms with Crippen molar-refractivity contribution in [1.82, 2.24) is 10.2 Å². The molecule has 2 unspecified atom stereocenters. The lowest BCUT2D eigenvalue weighted by atomic mass is 10.1. The van der Waals surface area contributed by atoms with Crippen molar-refractivity contribution >= 4 is 6.09 Å². The molecule has 2 atom stereocenters. The lowest BCUT2D eigenvalue weighted by Crippen LogP contribution is -2.57. The number of rotatable bonds is 4. The zero-order chi connectivity index (χ0) is 16.1. The normalized spacial score (nSPS) is 21.7. The second kappa shape index (κ2) is 7.58. The summed E-state index contributed by atoms with van der Waals surface area (Å²) in [6, 6.07) is 5.29. The maximum Gasteiger partial charge on any atom is 0.410 e. The molecule has 1 saturated heterocycles. The number of aryl methyl sites for hydroxylation is 1. The lowest BCUT2D eigenvalue weighted by molar-refractivity contribution is 0.0558. The number of piperazine rings is 1. The molecule has 1 heterocycles. The molecule has 1 aliphatic heterocycles. The number of hydrogen-bond acceptors (Lipinski definition) is 3. The molecule has 0 spiro atoms. The van der Waals surface area contributed by atoms with Crippen LogP contribution in [0, 0.1) is 5.82 Å². The molecule has 1 fully saturated rings. The quantitative estimate of drug-likeness (QED) is 0.929. The fourth-order valence-electron chi connectivity index (χ4n) is 2.86. The number of hydrogen-bond donors (Lipinski definition) is 1. The first-order valence-electron chi connectivity index (χ1n) is 7.96. The Morgan fingerprint density at radius 3 is 2.64 bits per heavy atom. The molecule has 1 amide bonds. The molecule has 0 saturated carbocycles. The first-order valence-corrected chi connectivity index (χ1v) is 7.96. The summed E-state index contributed by atoms with van der Waals surface area (Å²) in [6.07, 6.45) is 1.46. The first kappa shape index (κ1) is 16.7. The Hall–Kier alpha value is -1.62. The van der Waals surface area contributed by atoms with Crippen molar-refractivity contribution in [3.8, 4) is 0 Å². The third-order valence-electron chi connectivity index (χ3n) is 4.05. The number of carbonyl (C=O) groups excluding carboxylic acids is 1. The summed E-state index contributed by atoms with van der Waals surface area (Å²) in [5.74, 6) is -0.305. The van der Waals surface area contributed by atoms with E-state index in [1.165, 1.54) is 6.07 Å². The Kier molecular flexibility index (Phi) is 5.77. The summed E-state index contributed by atoms with van der Waals surface area (Å²) < 4.78 is 19.3. The Morgan fingerprint density at radius 2 is 2.05 bits per heavy atom. The minimum Gasteiger partial charge on any atom is -0.444 e. The second-order valence-corrected chi connectivity index (χ2v) is 5.99. The van der Waals surface area contributed by atoms with E-state index in [2.05, 4.69) is 12.2 Å². The number of carbonyl (C=O) groups is 1. The smallest absolute Gasteiger partial charge is 0.410 e. The summed E-state index contributed by atoms with van der Waals surface area (Å²) in [5.41, 5.74) is 1.39. The van der Waals surface area contributed by atoms with Crippen LogP contribution in [0.2, 0.25) is 0 Å². The van der Waals surface area contributed by atoms with Crippen molar-refractivity contribution < 1.29 is 13.9 Å². The molecule has 1 N–H and O–H groups in total. The maximum absolute atomic E-state index is 14.0. The molecule has 0 bridgehead atoms. The van der Waals surface area contributed by atoms with Crippen molar-refractivity contribution in [1.29, 1.82) is 0 Å². The van der Waals surface area contributed by atoms with Crippen molar-refractivity contribution in [2.45, 2.75) is 52.3 Å². The number of benzene rings is 1. The van der Waals surface area contributed by atoms with Gasteiger partial charge < -0.3 is 15.0 Å². The molecule has 122 valence electrons. The van der Waals surface area contributed by atoms with Gasteiger partial charge in [-0.05, 0) is 31.9 Å². The Bertz CT molecular complexity index is 511. The topological polar surface area (TPSA) is 41.6 Å². The van der Waals surface area contributed by atoms with Gasteiger partial charge in [0, 0.05) is 30.7 Å². The molecule has 0 aromatic heterocycles. The highest BCUT2D eigenvalue weighted by atomic mass is 19.1. The van der Waals surface area contributed by atoms with E-state index in [0.717, 1.165) is 31.5 Å². The molecule has 4 nitrogen and oxygen atoms in total. The predicted molar refractivity (Wildman–Crippen MR) is 84.2 cm³/mol. The molecule has 1 aromatic carbocycles. The molecule has 22 heavy (non-hydrogen) atoms. The molecule has 0 radical (unpaired) electrons. The Morgan fingerprint density at radius 1 is 1.36 bits per heavy atom. The van der Waals surface area contributed by atoms with Gasteiger partial charge in [-0.25, -0.2) is 9.18 Å².